The van der Waals surface area contributed by atoms with Gasteiger partial charge in [0.15, 0.2) is 0 Å². The molecule has 1 heterocycles. The summed E-state index contributed by atoms with van der Waals surface area (Å²) in [4.78, 5) is 26.1. The normalized spacial score (nSPS) is 17.5. The number of carbonyl (C=O) groups excluding carboxylic acids is 2. The first-order valence-corrected chi connectivity index (χ1v) is 8.42. The fraction of sp³-hybridized carbons (Fsp3) is 0.300. The van der Waals surface area contributed by atoms with Crippen LogP contribution in [0, 0.1) is 0 Å². The highest BCUT2D eigenvalue weighted by Gasteiger charge is 2.39. The van der Waals surface area contributed by atoms with Crippen molar-refractivity contribution >= 4 is 17.5 Å². The number of hydrogen-bond acceptors (Lipinski definition) is 3. The van der Waals surface area contributed by atoms with Crippen molar-refractivity contribution in [2.24, 2.45) is 0 Å². The Bertz CT molecular complexity index is 710. The van der Waals surface area contributed by atoms with E-state index < -0.39 is 6.04 Å². The number of rotatable bonds is 6. The molecule has 4 nitrogen and oxygen atoms in total. The minimum Gasteiger partial charge on any atom is -0.305 e. The molecule has 0 unspecified atom stereocenters. The molecule has 1 aliphatic rings. The Hall–Kier alpha value is -2.46. The number of hydrogen-bond donors (Lipinski definition) is 1. The van der Waals surface area contributed by atoms with Crippen LogP contribution in [-0.2, 0) is 22.4 Å². The highest BCUT2D eigenvalue weighted by Crippen LogP contribution is 2.23. The van der Waals surface area contributed by atoms with Gasteiger partial charge in [-0.3, -0.25) is 9.59 Å². The summed E-state index contributed by atoms with van der Waals surface area (Å²) in [6, 6.07) is 17.3. The van der Waals surface area contributed by atoms with Crippen molar-refractivity contribution in [2.75, 3.05) is 11.4 Å². The van der Waals surface area contributed by atoms with Crippen LogP contribution in [-0.4, -0.2) is 24.4 Å². The van der Waals surface area contributed by atoms with Crippen LogP contribution in [0.4, 0.5) is 5.69 Å². The minimum absolute atomic E-state index is 0.138. The Balaban J connectivity index is 1.61. The summed E-state index contributed by atoms with van der Waals surface area (Å²) in [6.07, 6.45) is 2.00. The zero-order chi connectivity index (χ0) is 16.9. The van der Waals surface area contributed by atoms with Crippen molar-refractivity contribution in [1.82, 2.24) is 5.32 Å². The predicted molar refractivity (Wildman–Crippen MR) is 94.9 cm³/mol. The van der Waals surface area contributed by atoms with Crippen molar-refractivity contribution in [2.45, 2.75) is 32.2 Å². The second kappa shape index (κ2) is 7.41. The fourth-order valence-corrected chi connectivity index (χ4v) is 2.98. The van der Waals surface area contributed by atoms with E-state index in [1.165, 1.54) is 16.0 Å². The first-order chi connectivity index (χ1) is 11.7. The molecule has 0 saturated carbocycles. The molecular formula is C20H22N2O2. The monoisotopic (exact) mass is 322 g/mol. The number of anilines is 1. The van der Waals surface area contributed by atoms with Gasteiger partial charge in [-0.1, -0.05) is 49.4 Å². The van der Waals surface area contributed by atoms with E-state index in [0.29, 0.717) is 12.2 Å². The molecule has 0 bridgehead atoms. The van der Waals surface area contributed by atoms with Gasteiger partial charge in [0.25, 0.3) is 5.91 Å². The van der Waals surface area contributed by atoms with Crippen LogP contribution in [0.3, 0.4) is 0 Å². The first-order valence-electron chi connectivity index (χ1n) is 8.42. The Morgan fingerprint density at radius 3 is 2.38 bits per heavy atom. The number of amides is 2. The molecule has 24 heavy (non-hydrogen) atoms. The van der Waals surface area contributed by atoms with Crippen LogP contribution >= 0.6 is 0 Å². The van der Waals surface area contributed by atoms with E-state index in [0.717, 1.165) is 12.8 Å². The Morgan fingerprint density at radius 1 is 1.00 bits per heavy atom. The Labute approximate surface area is 142 Å². The Kier molecular flexibility index (Phi) is 5.06. The topological polar surface area (TPSA) is 49.4 Å². The van der Waals surface area contributed by atoms with Gasteiger partial charge in [0.2, 0.25) is 5.91 Å². The highest BCUT2D eigenvalue weighted by molar-refractivity contribution is 6.22. The van der Waals surface area contributed by atoms with E-state index in [-0.39, 0.29) is 18.2 Å². The van der Waals surface area contributed by atoms with Gasteiger partial charge in [0.05, 0.1) is 18.2 Å². The molecule has 1 saturated heterocycles. The van der Waals surface area contributed by atoms with Crippen molar-refractivity contribution < 1.29 is 9.59 Å². The van der Waals surface area contributed by atoms with Gasteiger partial charge >= 0.3 is 0 Å². The van der Waals surface area contributed by atoms with Crippen LogP contribution in [0.5, 0.6) is 0 Å². The van der Waals surface area contributed by atoms with Crippen molar-refractivity contribution in [3.63, 3.8) is 0 Å². The SMILES string of the molecule is CCc1ccc(N2C(=O)C[C@@H](NCCc3ccccc3)C2=O)cc1. The summed E-state index contributed by atoms with van der Waals surface area (Å²) in [7, 11) is 0. The van der Waals surface area contributed by atoms with Gasteiger partial charge in [-0.2, -0.15) is 0 Å². The molecule has 3 rings (SSSR count). The number of imide groups is 1. The number of carbonyl (C=O) groups is 2. The number of benzene rings is 2. The maximum absolute atomic E-state index is 12.6. The molecule has 4 heteroatoms. The zero-order valence-electron chi connectivity index (χ0n) is 13.9. The molecule has 0 aromatic heterocycles. The second-order valence-electron chi connectivity index (χ2n) is 6.03. The number of nitrogens with one attached hydrogen (secondary N) is 1. The average molecular weight is 322 g/mol. The summed E-state index contributed by atoms with van der Waals surface area (Å²) in [5.74, 6) is -0.293. The van der Waals surface area contributed by atoms with Crippen LogP contribution < -0.4 is 10.2 Å². The lowest BCUT2D eigenvalue weighted by molar-refractivity contribution is -0.121. The van der Waals surface area contributed by atoms with E-state index >= 15 is 0 Å². The number of nitrogens with zero attached hydrogens (tertiary/aromatic N) is 1. The van der Waals surface area contributed by atoms with Gasteiger partial charge < -0.3 is 5.32 Å². The first kappa shape index (κ1) is 16.4. The number of aryl methyl sites for hydroxylation is 1. The smallest absolute Gasteiger partial charge is 0.251 e. The summed E-state index contributed by atoms with van der Waals surface area (Å²) in [5, 5.41) is 3.22. The summed E-state index contributed by atoms with van der Waals surface area (Å²) in [5.41, 5.74) is 3.07. The van der Waals surface area contributed by atoms with E-state index in [1.54, 1.807) is 0 Å². The van der Waals surface area contributed by atoms with Gasteiger partial charge in [0, 0.05) is 0 Å². The van der Waals surface area contributed by atoms with Gasteiger partial charge in [0.1, 0.15) is 0 Å². The van der Waals surface area contributed by atoms with Crippen LogP contribution in [0.1, 0.15) is 24.5 Å². The third-order valence-electron chi connectivity index (χ3n) is 4.40. The third kappa shape index (κ3) is 3.54. The highest BCUT2D eigenvalue weighted by atomic mass is 16.2. The van der Waals surface area contributed by atoms with E-state index in [9.17, 15) is 9.59 Å². The molecule has 1 atom stereocenters. The molecule has 0 aliphatic carbocycles. The van der Waals surface area contributed by atoms with Gasteiger partial charge in [-0.15, -0.1) is 0 Å². The molecule has 2 aromatic rings. The Morgan fingerprint density at radius 2 is 1.71 bits per heavy atom. The zero-order valence-corrected chi connectivity index (χ0v) is 13.9. The molecule has 1 N–H and O–H groups in total. The summed E-state index contributed by atoms with van der Waals surface area (Å²) >= 11 is 0. The van der Waals surface area contributed by atoms with E-state index in [1.807, 2.05) is 42.5 Å². The molecular weight excluding hydrogens is 300 g/mol. The van der Waals surface area contributed by atoms with Crippen molar-refractivity contribution in [1.29, 1.82) is 0 Å². The van der Waals surface area contributed by atoms with Crippen LogP contribution in [0.2, 0.25) is 0 Å². The van der Waals surface area contributed by atoms with Gasteiger partial charge in [-0.25, -0.2) is 4.90 Å². The lowest BCUT2D eigenvalue weighted by Crippen LogP contribution is -2.39. The average Bonchev–Trinajstić information content (AvgIpc) is 2.90. The summed E-state index contributed by atoms with van der Waals surface area (Å²) < 4.78 is 0. The fourth-order valence-electron chi connectivity index (χ4n) is 2.98. The second-order valence-corrected chi connectivity index (χ2v) is 6.03. The quantitative estimate of drug-likeness (QED) is 0.832. The minimum atomic E-state index is -0.424. The molecule has 0 radical (unpaired) electrons. The lowest BCUT2D eigenvalue weighted by Gasteiger charge is -2.16. The molecule has 1 aliphatic heterocycles. The van der Waals surface area contributed by atoms with Crippen molar-refractivity contribution in [3.8, 4) is 0 Å². The largest absolute Gasteiger partial charge is 0.305 e. The van der Waals surface area contributed by atoms with Crippen molar-refractivity contribution in [3.05, 3.63) is 65.7 Å². The maximum atomic E-state index is 12.6. The molecule has 124 valence electrons. The molecule has 0 spiro atoms. The lowest BCUT2D eigenvalue weighted by atomic mass is 10.1. The predicted octanol–water partition coefficient (Wildman–Crippen LogP) is 2.71. The molecule has 2 aromatic carbocycles. The van der Waals surface area contributed by atoms with Crippen LogP contribution in [0.25, 0.3) is 0 Å². The van der Waals surface area contributed by atoms with Crippen LogP contribution in [0.15, 0.2) is 54.6 Å². The maximum Gasteiger partial charge on any atom is 0.251 e. The molecule has 1 fully saturated rings. The molecule has 2 amide bonds. The standard InChI is InChI=1S/C20H22N2O2/c1-2-15-8-10-17(11-9-15)22-19(23)14-18(20(22)24)21-13-12-16-6-4-3-5-7-16/h3-11,18,21H,2,12-14H2,1H3/t18-/m1/s1. The summed E-state index contributed by atoms with van der Waals surface area (Å²) in [6.45, 7) is 2.75. The van der Waals surface area contributed by atoms with E-state index in [4.69, 9.17) is 0 Å². The van der Waals surface area contributed by atoms with Gasteiger partial charge in [-0.05, 0) is 42.6 Å². The van der Waals surface area contributed by atoms with E-state index in [2.05, 4.69) is 24.4 Å². The third-order valence-corrected chi connectivity index (χ3v) is 4.40.